The first-order chi connectivity index (χ1) is 14.3. The number of amides is 1. The zero-order chi connectivity index (χ0) is 21.5. The van der Waals surface area contributed by atoms with E-state index in [1.54, 1.807) is 35.9 Å². The molecule has 0 aliphatic carbocycles. The van der Waals surface area contributed by atoms with Crippen molar-refractivity contribution in [2.75, 3.05) is 13.2 Å². The highest BCUT2D eigenvalue weighted by Gasteiger charge is 2.40. The average molecular weight is 447 g/mol. The van der Waals surface area contributed by atoms with Crippen molar-refractivity contribution in [3.8, 4) is 0 Å². The summed E-state index contributed by atoms with van der Waals surface area (Å²) in [6.07, 6.45) is 0.418. The Kier molecular flexibility index (Phi) is 5.49. The molecular weight excluding hydrogens is 427 g/mol. The normalized spacial score (nSPS) is 18.6. The van der Waals surface area contributed by atoms with E-state index in [0.29, 0.717) is 39.7 Å². The number of carbonyl (C=O) groups excluding carboxylic acids is 1. The van der Waals surface area contributed by atoms with Gasteiger partial charge in [-0.25, -0.2) is 0 Å². The molecule has 4 rings (SSSR count). The Morgan fingerprint density at radius 2 is 2.00 bits per heavy atom. The van der Waals surface area contributed by atoms with Crippen LogP contribution in [0.15, 0.2) is 42.5 Å². The van der Waals surface area contributed by atoms with E-state index in [2.05, 4.69) is 5.32 Å². The summed E-state index contributed by atoms with van der Waals surface area (Å²) in [6.45, 7) is 0.740. The number of aromatic nitrogens is 1. The summed E-state index contributed by atoms with van der Waals surface area (Å²) >= 11 is 12.4. The SMILES string of the molecule is Cn1c(C(=O)NC2(c3ccccc3CC(=O)O)CCOC2)cc2c(Cl)c(Cl)ccc21. The Balaban J connectivity index is 1.74. The second-order valence-corrected chi connectivity index (χ2v) is 8.23. The van der Waals surface area contributed by atoms with Crippen LogP contribution in [-0.2, 0) is 28.5 Å². The van der Waals surface area contributed by atoms with Crippen LogP contribution in [0.4, 0.5) is 0 Å². The van der Waals surface area contributed by atoms with E-state index in [-0.39, 0.29) is 18.9 Å². The second kappa shape index (κ2) is 7.95. The van der Waals surface area contributed by atoms with E-state index < -0.39 is 11.5 Å². The fourth-order valence-electron chi connectivity index (χ4n) is 4.10. The number of nitrogens with one attached hydrogen (secondary N) is 1. The topological polar surface area (TPSA) is 80.6 Å². The molecular formula is C22H20Cl2N2O4. The molecule has 1 atom stereocenters. The minimum Gasteiger partial charge on any atom is -0.481 e. The van der Waals surface area contributed by atoms with Gasteiger partial charge in [0.05, 0.1) is 28.6 Å². The molecule has 0 radical (unpaired) electrons. The smallest absolute Gasteiger partial charge is 0.307 e. The van der Waals surface area contributed by atoms with Gasteiger partial charge in [0.15, 0.2) is 0 Å². The van der Waals surface area contributed by atoms with E-state index in [1.807, 2.05) is 18.2 Å². The maximum atomic E-state index is 13.3. The molecule has 0 spiro atoms. The number of hydrogen-bond acceptors (Lipinski definition) is 3. The predicted octanol–water partition coefficient (Wildman–Crippen LogP) is 4.16. The third kappa shape index (κ3) is 3.55. The second-order valence-electron chi connectivity index (χ2n) is 7.45. The van der Waals surface area contributed by atoms with E-state index in [0.717, 1.165) is 11.1 Å². The highest BCUT2D eigenvalue weighted by molar-refractivity contribution is 6.45. The quantitative estimate of drug-likeness (QED) is 0.616. The predicted molar refractivity (Wildman–Crippen MR) is 115 cm³/mol. The van der Waals surface area contributed by atoms with Crippen LogP contribution in [-0.4, -0.2) is 34.8 Å². The van der Waals surface area contributed by atoms with Crippen molar-refractivity contribution >= 4 is 46.0 Å². The number of fused-ring (bicyclic) bond motifs is 1. The monoisotopic (exact) mass is 446 g/mol. The van der Waals surface area contributed by atoms with Gasteiger partial charge in [0.1, 0.15) is 5.69 Å². The highest BCUT2D eigenvalue weighted by Crippen LogP contribution is 2.35. The molecule has 1 unspecified atom stereocenters. The fourth-order valence-corrected chi connectivity index (χ4v) is 4.48. The van der Waals surface area contributed by atoms with Crippen LogP contribution < -0.4 is 5.32 Å². The van der Waals surface area contributed by atoms with Gasteiger partial charge in [-0.15, -0.1) is 0 Å². The van der Waals surface area contributed by atoms with E-state index >= 15 is 0 Å². The summed E-state index contributed by atoms with van der Waals surface area (Å²) in [5, 5.41) is 13.9. The average Bonchev–Trinajstić information content (AvgIpc) is 3.30. The van der Waals surface area contributed by atoms with Gasteiger partial charge in [-0.2, -0.15) is 0 Å². The summed E-state index contributed by atoms with van der Waals surface area (Å²) < 4.78 is 7.39. The summed E-state index contributed by atoms with van der Waals surface area (Å²) in [4.78, 5) is 24.7. The summed E-state index contributed by atoms with van der Waals surface area (Å²) in [5.74, 6) is -1.22. The molecule has 8 heteroatoms. The van der Waals surface area contributed by atoms with Crippen molar-refractivity contribution in [2.24, 2.45) is 7.05 Å². The number of ether oxygens (including phenoxy) is 1. The largest absolute Gasteiger partial charge is 0.481 e. The molecule has 1 amide bonds. The van der Waals surface area contributed by atoms with Crippen LogP contribution in [0.1, 0.15) is 28.0 Å². The Hall–Kier alpha value is -2.54. The number of carboxylic acids is 1. The number of aliphatic carboxylic acids is 1. The molecule has 3 aromatic rings. The van der Waals surface area contributed by atoms with Crippen molar-refractivity contribution in [3.05, 3.63) is 69.3 Å². The first-order valence-corrected chi connectivity index (χ1v) is 10.2. The van der Waals surface area contributed by atoms with Crippen LogP contribution >= 0.6 is 23.2 Å². The van der Waals surface area contributed by atoms with E-state index in [9.17, 15) is 14.7 Å². The Labute approximate surface area is 183 Å². The van der Waals surface area contributed by atoms with Gasteiger partial charge in [0.25, 0.3) is 5.91 Å². The van der Waals surface area contributed by atoms with Crippen molar-refractivity contribution in [2.45, 2.75) is 18.4 Å². The van der Waals surface area contributed by atoms with E-state index in [4.69, 9.17) is 27.9 Å². The summed E-state index contributed by atoms with van der Waals surface area (Å²) in [6, 6.07) is 12.5. The molecule has 156 valence electrons. The van der Waals surface area contributed by atoms with Crippen molar-refractivity contribution in [1.82, 2.24) is 9.88 Å². The fraction of sp³-hybridized carbons (Fsp3) is 0.273. The van der Waals surface area contributed by atoms with Crippen molar-refractivity contribution < 1.29 is 19.4 Å². The van der Waals surface area contributed by atoms with Gasteiger partial charge >= 0.3 is 5.97 Å². The molecule has 1 aromatic heterocycles. The molecule has 2 aromatic carbocycles. The van der Waals surface area contributed by atoms with Gasteiger partial charge in [-0.05, 0) is 29.3 Å². The standard InChI is InChI=1S/C22H20Cl2N2O4/c1-26-17-7-6-16(23)20(24)14(17)11-18(26)21(29)25-22(8-9-30-12-22)15-5-3-2-4-13(15)10-19(27)28/h2-7,11H,8-10,12H2,1H3,(H,25,29)(H,27,28). The Morgan fingerprint density at radius 1 is 1.23 bits per heavy atom. The lowest BCUT2D eigenvalue weighted by atomic mass is 9.84. The van der Waals surface area contributed by atoms with Crippen LogP contribution in [0.5, 0.6) is 0 Å². The number of carboxylic acid groups (broad SMARTS) is 1. The Morgan fingerprint density at radius 3 is 2.70 bits per heavy atom. The maximum absolute atomic E-state index is 13.3. The number of rotatable bonds is 5. The molecule has 1 aliphatic rings. The lowest BCUT2D eigenvalue weighted by Gasteiger charge is -2.31. The first-order valence-electron chi connectivity index (χ1n) is 9.46. The zero-order valence-electron chi connectivity index (χ0n) is 16.2. The van der Waals surface area contributed by atoms with Crippen molar-refractivity contribution in [3.63, 3.8) is 0 Å². The van der Waals surface area contributed by atoms with Gasteiger partial charge in [-0.1, -0.05) is 47.5 Å². The number of aryl methyl sites for hydroxylation is 1. The number of carbonyl (C=O) groups is 2. The Bertz CT molecular complexity index is 1150. The third-order valence-corrected chi connectivity index (χ3v) is 6.41. The third-order valence-electron chi connectivity index (χ3n) is 5.60. The van der Waals surface area contributed by atoms with Gasteiger partial charge in [0, 0.05) is 31.0 Å². The number of nitrogens with zero attached hydrogens (tertiary/aromatic N) is 1. The van der Waals surface area contributed by atoms with Crippen LogP contribution in [0.25, 0.3) is 10.9 Å². The lowest BCUT2D eigenvalue weighted by molar-refractivity contribution is -0.136. The number of halogens is 2. The van der Waals surface area contributed by atoms with Crippen molar-refractivity contribution in [1.29, 1.82) is 0 Å². The zero-order valence-corrected chi connectivity index (χ0v) is 17.8. The minimum atomic E-state index is -0.928. The molecule has 1 fully saturated rings. The van der Waals surface area contributed by atoms with Crippen LogP contribution in [0.3, 0.4) is 0 Å². The number of hydrogen-bond donors (Lipinski definition) is 2. The maximum Gasteiger partial charge on any atom is 0.307 e. The molecule has 0 bridgehead atoms. The lowest BCUT2D eigenvalue weighted by Crippen LogP contribution is -2.47. The molecule has 0 saturated carbocycles. The number of benzene rings is 2. The molecule has 1 saturated heterocycles. The molecule has 2 heterocycles. The van der Waals surface area contributed by atoms with Crippen LogP contribution in [0, 0.1) is 0 Å². The summed E-state index contributed by atoms with van der Waals surface area (Å²) in [5.41, 5.74) is 1.83. The van der Waals surface area contributed by atoms with E-state index in [1.165, 1.54) is 0 Å². The van der Waals surface area contributed by atoms with Gasteiger partial charge in [0.2, 0.25) is 0 Å². The van der Waals surface area contributed by atoms with Crippen LogP contribution in [0.2, 0.25) is 10.0 Å². The molecule has 30 heavy (non-hydrogen) atoms. The van der Waals surface area contributed by atoms with Gasteiger partial charge in [-0.3, -0.25) is 9.59 Å². The van der Waals surface area contributed by atoms with Gasteiger partial charge < -0.3 is 19.7 Å². The molecule has 1 aliphatic heterocycles. The first kappa shape index (κ1) is 20.7. The highest BCUT2D eigenvalue weighted by atomic mass is 35.5. The minimum absolute atomic E-state index is 0.129. The molecule has 2 N–H and O–H groups in total. The summed E-state index contributed by atoms with van der Waals surface area (Å²) in [7, 11) is 1.79. The molecule has 6 nitrogen and oxygen atoms in total.